The van der Waals surface area contributed by atoms with Gasteiger partial charge < -0.3 is 19.3 Å². The molecule has 0 heterocycles. The minimum absolute atomic E-state index is 0.0155. The van der Waals surface area contributed by atoms with Crippen LogP contribution in [0.1, 0.15) is 15.9 Å². The molecule has 0 aliphatic rings. The zero-order valence-corrected chi connectivity index (χ0v) is 13.7. The van der Waals surface area contributed by atoms with Gasteiger partial charge in [-0.15, -0.1) is 0 Å². The lowest BCUT2D eigenvalue weighted by Gasteiger charge is -2.12. The molecule has 0 bridgehead atoms. The third-order valence-electron chi connectivity index (χ3n) is 2.99. The Morgan fingerprint density at radius 1 is 1.14 bits per heavy atom. The fourth-order valence-corrected chi connectivity index (χ4v) is 2.30. The molecule has 0 fully saturated rings. The van der Waals surface area contributed by atoms with E-state index in [1.807, 2.05) is 0 Å². The lowest BCUT2D eigenvalue weighted by molar-refractivity contribution is 0.0471. The predicted molar refractivity (Wildman–Crippen MR) is 84.5 cm³/mol. The highest BCUT2D eigenvalue weighted by molar-refractivity contribution is 9.10. The van der Waals surface area contributed by atoms with Crippen LogP contribution < -0.4 is 9.47 Å². The number of halogens is 1. The summed E-state index contributed by atoms with van der Waals surface area (Å²) in [6.07, 6.45) is 0. The van der Waals surface area contributed by atoms with Crippen molar-refractivity contribution in [3.8, 4) is 17.2 Å². The van der Waals surface area contributed by atoms with E-state index in [1.165, 1.54) is 19.2 Å². The van der Waals surface area contributed by atoms with E-state index >= 15 is 0 Å². The molecule has 2 aromatic rings. The quantitative estimate of drug-likeness (QED) is 0.820. The molecule has 0 aromatic heterocycles. The van der Waals surface area contributed by atoms with Crippen LogP contribution in [0.4, 0.5) is 0 Å². The van der Waals surface area contributed by atoms with Crippen LogP contribution in [0.5, 0.6) is 17.2 Å². The van der Waals surface area contributed by atoms with Crippen LogP contribution >= 0.6 is 15.9 Å². The van der Waals surface area contributed by atoms with Gasteiger partial charge in [-0.2, -0.15) is 0 Å². The Kier molecular flexibility index (Phi) is 5.27. The van der Waals surface area contributed by atoms with Gasteiger partial charge in [-0.25, -0.2) is 4.79 Å². The fourth-order valence-electron chi connectivity index (χ4n) is 1.87. The molecule has 2 rings (SSSR count). The van der Waals surface area contributed by atoms with Crippen molar-refractivity contribution < 1.29 is 24.1 Å². The van der Waals surface area contributed by atoms with Gasteiger partial charge in [0, 0.05) is 10.0 Å². The van der Waals surface area contributed by atoms with Crippen molar-refractivity contribution in [3.05, 3.63) is 52.0 Å². The molecule has 0 spiro atoms. The highest BCUT2D eigenvalue weighted by atomic mass is 79.9. The number of phenols is 1. The number of benzene rings is 2. The summed E-state index contributed by atoms with van der Waals surface area (Å²) in [5, 5.41) is 9.37. The third-order valence-corrected chi connectivity index (χ3v) is 3.73. The van der Waals surface area contributed by atoms with Gasteiger partial charge in [0.1, 0.15) is 12.4 Å². The molecule has 2 aromatic carbocycles. The SMILES string of the molecule is COc1cc(Br)c(COC(=O)c2cccc(O)c2)cc1OC. The molecule has 116 valence electrons. The van der Waals surface area contributed by atoms with E-state index in [9.17, 15) is 9.90 Å². The molecule has 0 amide bonds. The number of ether oxygens (including phenoxy) is 3. The summed E-state index contributed by atoms with van der Waals surface area (Å²) < 4.78 is 16.4. The number of methoxy groups -OCH3 is 2. The molecule has 5 nitrogen and oxygen atoms in total. The Balaban J connectivity index is 2.13. The Morgan fingerprint density at radius 3 is 2.45 bits per heavy atom. The van der Waals surface area contributed by atoms with Crippen molar-refractivity contribution in [2.75, 3.05) is 14.2 Å². The number of esters is 1. The van der Waals surface area contributed by atoms with Crippen molar-refractivity contribution in [1.29, 1.82) is 0 Å². The van der Waals surface area contributed by atoms with Gasteiger partial charge in [0.05, 0.1) is 19.8 Å². The molecule has 0 unspecified atom stereocenters. The van der Waals surface area contributed by atoms with Gasteiger partial charge in [-0.1, -0.05) is 22.0 Å². The summed E-state index contributed by atoms with van der Waals surface area (Å²) in [4.78, 5) is 12.0. The number of aromatic hydroxyl groups is 1. The van der Waals surface area contributed by atoms with Gasteiger partial charge in [0.15, 0.2) is 11.5 Å². The van der Waals surface area contributed by atoms with E-state index in [4.69, 9.17) is 14.2 Å². The normalized spacial score (nSPS) is 10.1. The van der Waals surface area contributed by atoms with E-state index < -0.39 is 5.97 Å². The number of hydrogen-bond acceptors (Lipinski definition) is 5. The molecule has 1 N–H and O–H groups in total. The minimum atomic E-state index is -0.516. The van der Waals surface area contributed by atoms with Crippen LogP contribution in [-0.4, -0.2) is 25.3 Å². The van der Waals surface area contributed by atoms with Crippen LogP contribution in [0.2, 0.25) is 0 Å². The first-order valence-corrected chi connectivity index (χ1v) is 7.21. The summed E-state index contributed by atoms with van der Waals surface area (Å²) in [5.74, 6) is 0.630. The zero-order chi connectivity index (χ0) is 16.1. The molecule has 0 atom stereocenters. The zero-order valence-electron chi connectivity index (χ0n) is 12.1. The van der Waals surface area contributed by atoms with Crippen molar-refractivity contribution in [2.45, 2.75) is 6.61 Å². The lowest BCUT2D eigenvalue weighted by Crippen LogP contribution is -2.06. The van der Waals surface area contributed by atoms with Gasteiger partial charge >= 0.3 is 5.97 Å². The van der Waals surface area contributed by atoms with E-state index in [1.54, 1.807) is 31.4 Å². The van der Waals surface area contributed by atoms with E-state index in [0.29, 0.717) is 11.5 Å². The van der Waals surface area contributed by atoms with Crippen molar-refractivity contribution >= 4 is 21.9 Å². The molecule has 6 heteroatoms. The van der Waals surface area contributed by atoms with Crippen molar-refractivity contribution in [2.24, 2.45) is 0 Å². The summed E-state index contributed by atoms with van der Waals surface area (Å²) in [7, 11) is 3.08. The summed E-state index contributed by atoms with van der Waals surface area (Å²) >= 11 is 3.40. The molecule has 0 radical (unpaired) electrons. The molecule has 0 aliphatic carbocycles. The molecule has 22 heavy (non-hydrogen) atoms. The molecule has 0 saturated heterocycles. The summed E-state index contributed by atoms with van der Waals surface area (Å²) in [6, 6.07) is 9.48. The average Bonchev–Trinajstić information content (AvgIpc) is 2.53. The number of carbonyl (C=O) groups excluding carboxylic acids is 1. The van der Waals surface area contributed by atoms with E-state index in [0.717, 1.165) is 10.0 Å². The molecular weight excluding hydrogens is 352 g/mol. The highest BCUT2D eigenvalue weighted by Gasteiger charge is 2.13. The first kappa shape index (κ1) is 16.2. The van der Waals surface area contributed by atoms with Crippen LogP contribution in [0, 0.1) is 0 Å². The smallest absolute Gasteiger partial charge is 0.338 e. The van der Waals surface area contributed by atoms with Gasteiger partial charge in [-0.05, 0) is 30.3 Å². The first-order chi connectivity index (χ1) is 10.5. The highest BCUT2D eigenvalue weighted by Crippen LogP contribution is 2.33. The van der Waals surface area contributed by atoms with Gasteiger partial charge in [0.2, 0.25) is 0 Å². The topological polar surface area (TPSA) is 65.0 Å². The third kappa shape index (κ3) is 3.71. The Labute approximate surface area is 136 Å². The van der Waals surface area contributed by atoms with Crippen molar-refractivity contribution in [3.63, 3.8) is 0 Å². The minimum Gasteiger partial charge on any atom is -0.508 e. The Bertz CT molecular complexity index is 684. The second-order valence-electron chi connectivity index (χ2n) is 4.43. The number of phenolic OH excluding ortho intramolecular Hbond substituents is 1. The molecule has 0 aliphatic heterocycles. The number of carbonyl (C=O) groups is 1. The van der Waals surface area contributed by atoms with Gasteiger partial charge in [0.25, 0.3) is 0 Å². The van der Waals surface area contributed by atoms with Crippen LogP contribution in [0.15, 0.2) is 40.9 Å². The fraction of sp³-hybridized carbons (Fsp3) is 0.188. The first-order valence-electron chi connectivity index (χ1n) is 6.41. The largest absolute Gasteiger partial charge is 0.508 e. The Morgan fingerprint density at radius 2 is 1.82 bits per heavy atom. The monoisotopic (exact) mass is 366 g/mol. The second-order valence-corrected chi connectivity index (χ2v) is 5.28. The predicted octanol–water partition coefficient (Wildman–Crippen LogP) is 3.53. The maximum absolute atomic E-state index is 12.0. The van der Waals surface area contributed by atoms with Crippen molar-refractivity contribution in [1.82, 2.24) is 0 Å². The average molecular weight is 367 g/mol. The Hall–Kier alpha value is -2.21. The summed E-state index contributed by atoms with van der Waals surface area (Å²) in [6.45, 7) is 0.0649. The molecule has 0 saturated carbocycles. The molecular formula is C16H15BrO5. The van der Waals surface area contributed by atoms with E-state index in [-0.39, 0.29) is 17.9 Å². The number of rotatable bonds is 5. The summed E-state index contributed by atoms with van der Waals surface area (Å²) in [5.41, 5.74) is 1.03. The van der Waals surface area contributed by atoms with Gasteiger partial charge in [-0.3, -0.25) is 0 Å². The second kappa shape index (κ2) is 7.17. The van der Waals surface area contributed by atoms with Crippen LogP contribution in [0.25, 0.3) is 0 Å². The standard InChI is InChI=1S/C16H15BrO5/c1-20-14-7-11(13(17)8-15(14)21-2)9-22-16(19)10-4-3-5-12(18)6-10/h3-8,18H,9H2,1-2H3. The maximum atomic E-state index is 12.0. The van der Waals surface area contributed by atoms with Crippen LogP contribution in [0.3, 0.4) is 0 Å². The lowest BCUT2D eigenvalue weighted by atomic mass is 10.2. The van der Waals surface area contributed by atoms with Crippen LogP contribution in [-0.2, 0) is 11.3 Å². The number of hydrogen-bond donors (Lipinski definition) is 1. The maximum Gasteiger partial charge on any atom is 0.338 e. The van der Waals surface area contributed by atoms with E-state index in [2.05, 4.69) is 15.9 Å².